The maximum Gasteiger partial charge on any atom is 0.251 e. The van der Waals surface area contributed by atoms with Crippen LogP contribution in [0.5, 0.6) is 0 Å². The Morgan fingerprint density at radius 3 is 2.42 bits per heavy atom. The molecule has 0 unspecified atom stereocenters. The minimum Gasteiger partial charge on any atom is -0.396 e. The highest BCUT2D eigenvalue weighted by atomic mass is 16.3. The average molecular weight is 458 g/mol. The predicted molar refractivity (Wildman–Crippen MR) is 134 cm³/mol. The molecular formula is C24H39N7O2. The number of aliphatic hydroxyl groups is 1. The topological polar surface area (TPSA) is 155 Å². The molecule has 9 heteroatoms. The molecular weight excluding hydrogens is 418 g/mol. The van der Waals surface area contributed by atoms with Gasteiger partial charge >= 0.3 is 0 Å². The molecule has 182 valence electrons. The number of nitrogens with one attached hydrogen (secondary N) is 2. The summed E-state index contributed by atoms with van der Waals surface area (Å²) in [4.78, 5) is 18.2. The second-order valence-corrected chi connectivity index (χ2v) is 9.17. The molecule has 2 aliphatic heterocycles. The summed E-state index contributed by atoms with van der Waals surface area (Å²) in [6, 6.07) is 7.20. The number of amidine groups is 1. The fourth-order valence-corrected chi connectivity index (χ4v) is 3.55. The molecule has 1 amide bonds. The first-order chi connectivity index (χ1) is 15.6. The van der Waals surface area contributed by atoms with Gasteiger partial charge in [-0.25, -0.2) is 4.99 Å². The fourth-order valence-electron chi connectivity index (χ4n) is 3.55. The normalized spacial score (nSPS) is 20.2. The van der Waals surface area contributed by atoms with Crippen LogP contribution in [-0.4, -0.2) is 60.6 Å². The van der Waals surface area contributed by atoms with E-state index < -0.39 is 5.54 Å². The molecule has 0 spiro atoms. The van der Waals surface area contributed by atoms with E-state index in [-0.39, 0.29) is 12.5 Å². The Labute approximate surface area is 196 Å². The molecule has 0 aromatic heterocycles. The third-order valence-corrected chi connectivity index (χ3v) is 5.52. The minimum absolute atomic E-state index is 0.0486. The number of carbonyl (C=O) groups is 1. The van der Waals surface area contributed by atoms with Gasteiger partial charge in [-0.2, -0.15) is 0 Å². The van der Waals surface area contributed by atoms with Gasteiger partial charge in [0, 0.05) is 36.6 Å². The van der Waals surface area contributed by atoms with Crippen molar-refractivity contribution < 1.29 is 9.90 Å². The number of benzene rings is 1. The number of aliphatic hydroxyl groups excluding tert-OH is 1. The van der Waals surface area contributed by atoms with Gasteiger partial charge in [-0.15, -0.1) is 0 Å². The van der Waals surface area contributed by atoms with Crippen LogP contribution in [0.1, 0.15) is 49.5 Å². The lowest BCUT2D eigenvalue weighted by Crippen LogP contribution is -2.41. The quantitative estimate of drug-likeness (QED) is 0.384. The van der Waals surface area contributed by atoms with Crippen molar-refractivity contribution in [3.8, 4) is 0 Å². The fraction of sp³-hybridized carbons (Fsp3) is 0.500. The number of allylic oxidation sites excluding steroid dienone is 1. The van der Waals surface area contributed by atoms with Crippen LogP contribution in [0.2, 0.25) is 0 Å². The largest absolute Gasteiger partial charge is 0.396 e. The number of rotatable bonds is 5. The Morgan fingerprint density at radius 2 is 1.91 bits per heavy atom. The summed E-state index contributed by atoms with van der Waals surface area (Å²) >= 11 is 0. The van der Waals surface area contributed by atoms with Crippen molar-refractivity contribution >= 4 is 17.4 Å². The SMILES string of the molecule is CC(C)(N)CO.CNC(=O)c1ccc(/C(N)=C2\C(N)=NC=C(C)N2C[C@@H]2CCCNC2)cc1. The standard InChI is InChI=1S/C20H28N6O.C4H11NO/c1-13-10-25-19(22)18(26(13)12-14-4-3-9-24-11-14)17(21)15-5-7-16(8-6-15)20(27)23-2;1-4(2,5)3-6/h5-8,10,14,24H,3-4,9,11-12,21H2,1-2H3,(H2,22,25)(H,23,27);6H,3,5H2,1-2H3/b18-17-;/t14-;/m1./s1. The van der Waals surface area contributed by atoms with E-state index in [1.54, 1.807) is 39.2 Å². The van der Waals surface area contributed by atoms with E-state index in [0.717, 1.165) is 36.6 Å². The second kappa shape index (κ2) is 11.8. The van der Waals surface area contributed by atoms with E-state index in [1.165, 1.54) is 12.8 Å². The number of amides is 1. The predicted octanol–water partition coefficient (Wildman–Crippen LogP) is 0.923. The van der Waals surface area contributed by atoms with Crippen LogP contribution in [0.4, 0.5) is 0 Å². The van der Waals surface area contributed by atoms with Crippen LogP contribution in [0, 0.1) is 5.92 Å². The number of nitrogens with two attached hydrogens (primary N) is 3. The Bertz CT molecular complexity index is 892. The van der Waals surface area contributed by atoms with Crippen LogP contribution in [-0.2, 0) is 0 Å². The van der Waals surface area contributed by atoms with Gasteiger partial charge in [0.1, 0.15) is 11.5 Å². The van der Waals surface area contributed by atoms with E-state index in [4.69, 9.17) is 22.3 Å². The molecule has 2 aliphatic rings. The first kappa shape index (κ1) is 26.4. The molecule has 0 saturated carbocycles. The number of carbonyl (C=O) groups excluding carboxylic acids is 1. The third-order valence-electron chi connectivity index (χ3n) is 5.52. The van der Waals surface area contributed by atoms with Gasteiger partial charge < -0.3 is 37.8 Å². The number of hydrogen-bond acceptors (Lipinski definition) is 8. The van der Waals surface area contributed by atoms with Crippen molar-refractivity contribution in [2.75, 3.05) is 33.3 Å². The average Bonchev–Trinajstić information content (AvgIpc) is 2.81. The maximum absolute atomic E-state index is 11.7. The van der Waals surface area contributed by atoms with Crippen molar-refractivity contribution in [1.82, 2.24) is 15.5 Å². The smallest absolute Gasteiger partial charge is 0.251 e. The molecule has 0 aliphatic carbocycles. The van der Waals surface area contributed by atoms with E-state index in [0.29, 0.717) is 23.0 Å². The Hall–Kier alpha value is -2.88. The molecule has 1 aromatic rings. The molecule has 1 fully saturated rings. The van der Waals surface area contributed by atoms with E-state index in [2.05, 4.69) is 20.5 Å². The first-order valence-electron chi connectivity index (χ1n) is 11.3. The molecule has 3 rings (SSSR count). The Kier molecular flexibility index (Phi) is 9.45. The highest BCUT2D eigenvalue weighted by Gasteiger charge is 2.26. The van der Waals surface area contributed by atoms with E-state index >= 15 is 0 Å². The highest BCUT2D eigenvalue weighted by molar-refractivity contribution is 6.04. The van der Waals surface area contributed by atoms with Gasteiger partial charge in [-0.3, -0.25) is 4.79 Å². The van der Waals surface area contributed by atoms with E-state index in [1.807, 2.05) is 19.1 Å². The van der Waals surface area contributed by atoms with Gasteiger partial charge in [0.15, 0.2) is 0 Å². The molecule has 1 saturated heterocycles. The lowest BCUT2D eigenvalue weighted by Gasteiger charge is -2.35. The zero-order chi connectivity index (χ0) is 24.6. The molecule has 33 heavy (non-hydrogen) atoms. The van der Waals surface area contributed by atoms with Crippen LogP contribution in [0.15, 0.2) is 46.9 Å². The van der Waals surface area contributed by atoms with Gasteiger partial charge in [0.2, 0.25) is 0 Å². The summed E-state index contributed by atoms with van der Waals surface area (Å²) < 4.78 is 0. The van der Waals surface area contributed by atoms with Crippen molar-refractivity contribution in [2.45, 2.75) is 39.2 Å². The van der Waals surface area contributed by atoms with Crippen molar-refractivity contribution in [3.63, 3.8) is 0 Å². The number of hydrogen-bond donors (Lipinski definition) is 6. The van der Waals surface area contributed by atoms with Crippen LogP contribution in [0.3, 0.4) is 0 Å². The molecule has 2 heterocycles. The minimum atomic E-state index is -0.403. The molecule has 1 atom stereocenters. The van der Waals surface area contributed by atoms with Gasteiger partial charge in [-0.1, -0.05) is 12.1 Å². The van der Waals surface area contributed by atoms with Gasteiger partial charge in [-0.05, 0) is 70.3 Å². The molecule has 0 radical (unpaired) electrons. The van der Waals surface area contributed by atoms with Crippen LogP contribution >= 0.6 is 0 Å². The van der Waals surface area contributed by atoms with Crippen molar-refractivity contribution in [2.24, 2.45) is 28.1 Å². The lowest BCUT2D eigenvalue weighted by molar-refractivity contribution is 0.0963. The highest BCUT2D eigenvalue weighted by Crippen LogP contribution is 2.27. The van der Waals surface area contributed by atoms with Gasteiger partial charge in [0.25, 0.3) is 5.91 Å². The summed E-state index contributed by atoms with van der Waals surface area (Å²) in [5.41, 5.74) is 21.4. The van der Waals surface area contributed by atoms with E-state index in [9.17, 15) is 4.79 Å². The Balaban J connectivity index is 0.000000569. The van der Waals surface area contributed by atoms with Gasteiger partial charge in [0.05, 0.1) is 12.3 Å². The first-order valence-corrected chi connectivity index (χ1v) is 11.3. The summed E-state index contributed by atoms with van der Waals surface area (Å²) in [5, 5.41) is 14.3. The zero-order valence-corrected chi connectivity index (χ0v) is 20.2. The van der Waals surface area contributed by atoms with Crippen LogP contribution < -0.4 is 27.8 Å². The van der Waals surface area contributed by atoms with Crippen LogP contribution in [0.25, 0.3) is 5.70 Å². The summed E-state index contributed by atoms with van der Waals surface area (Å²) in [6.45, 7) is 8.53. The molecule has 0 bridgehead atoms. The third kappa shape index (κ3) is 7.59. The molecule has 9 N–H and O–H groups in total. The van der Waals surface area contributed by atoms with Crippen molar-refractivity contribution in [1.29, 1.82) is 0 Å². The molecule has 1 aromatic carbocycles. The summed E-state index contributed by atoms with van der Waals surface area (Å²) in [5.74, 6) is 0.820. The molecule has 9 nitrogen and oxygen atoms in total. The lowest BCUT2D eigenvalue weighted by atomic mass is 9.97. The number of piperidine rings is 1. The number of aliphatic imine (C=N–C) groups is 1. The second-order valence-electron chi connectivity index (χ2n) is 9.17. The zero-order valence-electron chi connectivity index (χ0n) is 20.2. The Morgan fingerprint density at radius 1 is 1.30 bits per heavy atom. The maximum atomic E-state index is 11.7. The van der Waals surface area contributed by atoms with Crippen molar-refractivity contribution in [3.05, 3.63) is 53.0 Å². The summed E-state index contributed by atoms with van der Waals surface area (Å²) in [7, 11) is 1.61. The number of nitrogens with zero attached hydrogens (tertiary/aromatic N) is 2. The monoisotopic (exact) mass is 457 g/mol. The summed E-state index contributed by atoms with van der Waals surface area (Å²) in [6.07, 6.45) is 4.15.